The summed E-state index contributed by atoms with van der Waals surface area (Å²) in [7, 11) is 0. The predicted molar refractivity (Wildman–Crippen MR) is 58.3 cm³/mol. The number of carbonyl (C=O) groups is 1. The molecule has 3 nitrogen and oxygen atoms in total. The highest BCUT2D eigenvalue weighted by molar-refractivity contribution is 5.94. The van der Waals surface area contributed by atoms with Crippen molar-refractivity contribution in [2.45, 2.75) is 6.54 Å². The number of halogens is 2. The number of rotatable bonds is 3. The molecule has 0 aliphatic heterocycles. The maximum absolute atomic E-state index is 13.3. The van der Waals surface area contributed by atoms with Crippen LogP contribution >= 0.6 is 0 Å². The van der Waals surface area contributed by atoms with Gasteiger partial charge >= 0.3 is 0 Å². The summed E-state index contributed by atoms with van der Waals surface area (Å²) < 4.78 is 26.5. The van der Waals surface area contributed by atoms with Gasteiger partial charge in [-0.1, -0.05) is 6.07 Å². The molecule has 0 atom stereocenters. The lowest BCUT2D eigenvalue weighted by Crippen LogP contribution is -2.24. The van der Waals surface area contributed by atoms with E-state index in [1.165, 1.54) is 6.07 Å². The molecule has 1 aromatic heterocycles. The Bertz CT molecular complexity index is 503. The average molecular weight is 236 g/mol. The SMILES string of the molecule is O=C(NCc1cc[nH]c1)c1c(F)cccc1F. The molecule has 0 unspecified atom stereocenters. The Morgan fingerprint density at radius 3 is 2.53 bits per heavy atom. The highest BCUT2D eigenvalue weighted by Crippen LogP contribution is 2.11. The number of aromatic amines is 1. The third kappa shape index (κ3) is 2.50. The van der Waals surface area contributed by atoms with Gasteiger partial charge in [0.2, 0.25) is 0 Å². The number of benzene rings is 1. The molecule has 0 aliphatic carbocycles. The van der Waals surface area contributed by atoms with E-state index in [9.17, 15) is 13.6 Å². The third-order valence-corrected chi connectivity index (χ3v) is 2.31. The van der Waals surface area contributed by atoms with E-state index in [2.05, 4.69) is 10.3 Å². The fourth-order valence-electron chi connectivity index (χ4n) is 1.45. The molecule has 1 heterocycles. The zero-order valence-corrected chi connectivity index (χ0v) is 8.84. The van der Waals surface area contributed by atoms with E-state index >= 15 is 0 Å². The standard InChI is InChI=1S/C12H10F2N2O/c13-9-2-1-3-10(14)11(9)12(17)16-7-8-4-5-15-6-8/h1-6,15H,7H2,(H,16,17). The van der Waals surface area contributed by atoms with Gasteiger partial charge in [0.05, 0.1) is 0 Å². The predicted octanol–water partition coefficient (Wildman–Crippen LogP) is 2.22. The summed E-state index contributed by atoms with van der Waals surface area (Å²) in [5, 5.41) is 2.44. The fourth-order valence-corrected chi connectivity index (χ4v) is 1.45. The highest BCUT2D eigenvalue weighted by Gasteiger charge is 2.16. The van der Waals surface area contributed by atoms with Crippen LogP contribution in [0.25, 0.3) is 0 Å². The Morgan fingerprint density at radius 1 is 1.24 bits per heavy atom. The lowest BCUT2D eigenvalue weighted by Gasteiger charge is -2.05. The highest BCUT2D eigenvalue weighted by atomic mass is 19.1. The summed E-state index contributed by atoms with van der Waals surface area (Å²) in [6.07, 6.45) is 3.39. The van der Waals surface area contributed by atoms with Crippen LogP contribution in [0.2, 0.25) is 0 Å². The number of amides is 1. The molecule has 0 saturated heterocycles. The molecule has 17 heavy (non-hydrogen) atoms. The van der Waals surface area contributed by atoms with Crippen LogP contribution in [0.1, 0.15) is 15.9 Å². The molecule has 88 valence electrons. The van der Waals surface area contributed by atoms with Crippen molar-refractivity contribution in [3.05, 3.63) is 59.4 Å². The molecule has 0 saturated carbocycles. The third-order valence-electron chi connectivity index (χ3n) is 2.31. The van der Waals surface area contributed by atoms with Crippen molar-refractivity contribution in [2.24, 2.45) is 0 Å². The zero-order valence-electron chi connectivity index (χ0n) is 8.84. The summed E-state index contributed by atoms with van der Waals surface area (Å²) >= 11 is 0. The van der Waals surface area contributed by atoms with E-state index in [1.807, 2.05) is 0 Å². The Hall–Kier alpha value is -2.17. The van der Waals surface area contributed by atoms with E-state index in [1.54, 1.807) is 18.5 Å². The Morgan fingerprint density at radius 2 is 1.94 bits per heavy atom. The molecule has 0 radical (unpaired) electrons. The smallest absolute Gasteiger partial charge is 0.257 e. The molecule has 0 bridgehead atoms. The van der Waals surface area contributed by atoms with Crippen LogP contribution in [0.15, 0.2) is 36.7 Å². The summed E-state index contributed by atoms with van der Waals surface area (Å²) in [6, 6.07) is 5.08. The topological polar surface area (TPSA) is 44.9 Å². The molecule has 1 amide bonds. The summed E-state index contributed by atoms with van der Waals surface area (Å²) in [4.78, 5) is 14.4. The second-order valence-electron chi connectivity index (χ2n) is 3.50. The van der Waals surface area contributed by atoms with Gasteiger partial charge in [-0.3, -0.25) is 4.79 Å². The maximum atomic E-state index is 13.3. The van der Waals surface area contributed by atoms with Crippen molar-refractivity contribution in [1.29, 1.82) is 0 Å². The van der Waals surface area contributed by atoms with Gasteiger partial charge < -0.3 is 10.3 Å². The van der Waals surface area contributed by atoms with Gasteiger partial charge in [-0.05, 0) is 23.8 Å². The molecule has 2 rings (SSSR count). The van der Waals surface area contributed by atoms with Crippen molar-refractivity contribution in [1.82, 2.24) is 10.3 Å². The first-order valence-corrected chi connectivity index (χ1v) is 5.02. The molecular formula is C12H10F2N2O. The minimum absolute atomic E-state index is 0.218. The van der Waals surface area contributed by atoms with E-state index in [0.29, 0.717) is 0 Å². The van der Waals surface area contributed by atoms with Gasteiger partial charge in [-0.2, -0.15) is 0 Å². The first-order chi connectivity index (χ1) is 8.18. The first-order valence-electron chi connectivity index (χ1n) is 5.02. The van der Waals surface area contributed by atoms with Crippen LogP contribution in [0.3, 0.4) is 0 Å². The van der Waals surface area contributed by atoms with Crippen LogP contribution in [0.4, 0.5) is 8.78 Å². The number of hydrogen-bond acceptors (Lipinski definition) is 1. The van der Waals surface area contributed by atoms with Gasteiger partial charge in [0.1, 0.15) is 17.2 Å². The minimum atomic E-state index is -0.864. The van der Waals surface area contributed by atoms with Gasteiger partial charge in [-0.15, -0.1) is 0 Å². The first kappa shape index (κ1) is 11.3. The van der Waals surface area contributed by atoms with Crippen LogP contribution in [0.5, 0.6) is 0 Å². The van der Waals surface area contributed by atoms with E-state index in [4.69, 9.17) is 0 Å². The number of carbonyl (C=O) groups excluding carboxylic acids is 1. The van der Waals surface area contributed by atoms with Crippen LogP contribution in [-0.4, -0.2) is 10.9 Å². The number of hydrogen-bond donors (Lipinski definition) is 2. The lowest BCUT2D eigenvalue weighted by molar-refractivity contribution is 0.0942. The van der Waals surface area contributed by atoms with Crippen molar-refractivity contribution in [3.63, 3.8) is 0 Å². The van der Waals surface area contributed by atoms with E-state index in [-0.39, 0.29) is 6.54 Å². The van der Waals surface area contributed by atoms with Crippen molar-refractivity contribution < 1.29 is 13.6 Å². The summed E-state index contributed by atoms with van der Waals surface area (Å²) in [5.41, 5.74) is 0.276. The largest absolute Gasteiger partial charge is 0.367 e. The molecule has 0 fully saturated rings. The number of nitrogens with one attached hydrogen (secondary N) is 2. The Kier molecular flexibility index (Phi) is 3.18. The monoisotopic (exact) mass is 236 g/mol. The molecule has 0 aliphatic rings. The van der Waals surface area contributed by atoms with Crippen LogP contribution in [0, 0.1) is 11.6 Å². The molecule has 2 aromatic rings. The normalized spacial score (nSPS) is 10.2. The quantitative estimate of drug-likeness (QED) is 0.843. The van der Waals surface area contributed by atoms with Crippen LogP contribution < -0.4 is 5.32 Å². The van der Waals surface area contributed by atoms with Crippen molar-refractivity contribution in [3.8, 4) is 0 Å². The molecule has 2 N–H and O–H groups in total. The molecule has 5 heteroatoms. The Labute approximate surface area is 96.5 Å². The number of aromatic nitrogens is 1. The second-order valence-corrected chi connectivity index (χ2v) is 3.50. The second kappa shape index (κ2) is 4.78. The van der Waals surface area contributed by atoms with Gasteiger partial charge in [0, 0.05) is 18.9 Å². The van der Waals surface area contributed by atoms with E-state index in [0.717, 1.165) is 17.7 Å². The van der Waals surface area contributed by atoms with Crippen molar-refractivity contribution >= 4 is 5.91 Å². The minimum Gasteiger partial charge on any atom is -0.367 e. The Balaban J connectivity index is 2.10. The zero-order chi connectivity index (χ0) is 12.3. The van der Waals surface area contributed by atoms with Gasteiger partial charge in [0.25, 0.3) is 5.91 Å². The average Bonchev–Trinajstić information content (AvgIpc) is 2.79. The summed E-state index contributed by atoms with van der Waals surface area (Å²) in [6.45, 7) is 0.218. The molecular weight excluding hydrogens is 226 g/mol. The van der Waals surface area contributed by atoms with Gasteiger partial charge in [-0.25, -0.2) is 8.78 Å². The fraction of sp³-hybridized carbons (Fsp3) is 0.0833. The molecule has 0 spiro atoms. The summed E-state index contributed by atoms with van der Waals surface area (Å²) in [5.74, 6) is -2.49. The van der Waals surface area contributed by atoms with E-state index < -0.39 is 23.1 Å². The van der Waals surface area contributed by atoms with Crippen LogP contribution in [-0.2, 0) is 6.54 Å². The van der Waals surface area contributed by atoms with Crippen molar-refractivity contribution in [2.75, 3.05) is 0 Å². The van der Waals surface area contributed by atoms with Gasteiger partial charge in [0.15, 0.2) is 0 Å². The molecule has 1 aromatic carbocycles. The maximum Gasteiger partial charge on any atom is 0.257 e. The number of H-pyrrole nitrogens is 1. The lowest BCUT2D eigenvalue weighted by atomic mass is 10.2.